The van der Waals surface area contributed by atoms with Gasteiger partial charge in [0.2, 0.25) is 11.7 Å². The van der Waals surface area contributed by atoms with Crippen molar-refractivity contribution < 1.29 is 9.32 Å². The molecule has 0 radical (unpaired) electrons. The van der Waals surface area contributed by atoms with Crippen LogP contribution in [0.4, 0.5) is 6.01 Å². The number of piperidine rings is 2. The average Bonchev–Trinajstić information content (AvgIpc) is 3.15. The lowest BCUT2D eigenvalue weighted by Gasteiger charge is -2.48. The fourth-order valence-electron chi connectivity index (χ4n) is 4.27. The zero-order valence-corrected chi connectivity index (χ0v) is 15.5. The lowest BCUT2D eigenvalue weighted by atomic mass is 9.73. The highest BCUT2D eigenvalue weighted by molar-refractivity contribution is 5.77. The first kappa shape index (κ1) is 17.1. The number of likely N-dealkylation sites (tertiary alicyclic amines) is 1. The second-order valence-electron chi connectivity index (χ2n) is 7.91. The quantitative estimate of drug-likeness (QED) is 0.846. The van der Waals surface area contributed by atoms with Gasteiger partial charge >= 0.3 is 6.01 Å². The Hall–Kier alpha value is -2.37. The molecule has 4 rings (SSSR count). The molecule has 1 aromatic carbocycles. The molecule has 2 saturated heterocycles. The predicted octanol–water partition coefficient (Wildman–Crippen LogP) is 3.35. The third kappa shape index (κ3) is 3.20. The average molecular weight is 354 g/mol. The summed E-state index contributed by atoms with van der Waals surface area (Å²) in [5.74, 6) is 0.912. The number of anilines is 1. The molecular formula is C20H26N4O2. The summed E-state index contributed by atoms with van der Waals surface area (Å²) in [6.07, 6.45) is 3.83. The molecule has 0 bridgehead atoms. The van der Waals surface area contributed by atoms with Crippen LogP contribution in [0.2, 0.25) is 0 Å². The molecule has 6 heteroatoms. The molecule has 2 aromatic rings. The first-order chi connectivity index (χ1) is 12.6. The van der Waals surface area contributed by atoms with Crippen molar-refractivity contribution in [3.63, 3.8) is 0 Å². The van der Waals surface area contributed by atoms with E-state index in [1.54, 1.807) is 0 Å². The van der Waals surface area contributed by atoms with Crippen LogP contribution in [0, 0.1) is 5.41 Å². The summed E-state index contributed by atoms with van der Waals surface area (Å²) < 4.78 is 5.57. The van der Waals surface area contributed by atoms with E-state index in [0.717, 1.165) is 44.5 Å². The molecule has 2 aliphatic heterocycles. The Labute approximate surface area is 154 Å². The summed E-state index contributed by atoms with van der Waals surface area (Å²) in [4.78, 5) is 21.1. The summed E-state index contributed by atoms with van der Waals surface area (Å²) in [7, 11) is 0. The molecule has 3 heterocycles. The number of hydrogen-bond acceptors (Lipinski definition) is 5. The van der Waals surface area contributed by atoms with E-state index >= 15 is 0 Å². The van der Waals surface area contributed by atoms with E-state index in [1.165, 1.54) is 0 Å². The first-order valence-corrected chi connectivity index (χ1v) is 9.50. The lowest BCUT2D eigenvalue weighted by Crippen LogP contribution is -2.55. The van der Waals surface area contributed by atoms with E-state index in [4.69, 9.17) is 4.52 Å². The summed E-state index contributed by atoms with van der Waals surface area (Å²) in [6, 6.07) is 10.7. The SMILES string of the molecule is CC(C)N1CC2(CCCN(c3nc(-c4ccccc4)no3)C2)CCC1=O. The highest BCUT2D eigenvalue weighted by atomic mass is 16.5. The fraction of sp³-hybridized carbons (Fsp3) is 0.550. The van der Waals surface area contributed by atoms with Crippen molar-refractivity contribution in [1.29, 1.82) is 0 Å². The molecule has 0 N–H and O–H groups in total. The summed E-state index contributed by atoms with van der Waals surface area (Å²) >= 11 is 0. The van der Waals surface area contributed by atoms with E-state index in [1.807, 2.05) is 35.2 Å². The van der Waals surface area contributed by atoms with Crippen LogP contribution in [0.5, 0.6) is 0 Å². The topological polar surface area (TPSA) is 62.5 Å². The Morgan fingerprint density at radius 2 is 1.96 bits per heavy atom. The van der Waals surface area contributed by atoms with Crippen LogP contribution < -0.4 is 4.90 Å². The molecule has 138 valence electrons. The maximum Gasteiger partial charge on any atom is 0.324 e. The number of carbonyl (C=O) groups excluding carboxylic acids is 1. The maximum atomic E-state index is 12.2. The van der Waals surface area contributed by atoms with Crippen LogP contribution in [0.15, 0.2) is 34.9 Å². The van der Waals surface area contributed by atoms with Gasteiger partial charge in [0.25, 0.3) is 0 Å². The number of nitrogens with zero attached hydrogens (tertiary/aromatic N) is 4. The van der Waals surface area contributed by atoms with Gasteiger partial charge in [0, 0.05) is 43.1 Å². The molecule has 2 fully saturated rings. The van der Waals surface area contributed by atoms with Crippen molar-refractivity contribution in [1.82, 2.24) is 15.0 Å². The summed E-state index contributed by atoms with van der Waals surface area (Å²) in [5.41, 5.74) is 1.10. The Bertz CT molecular complexity index is 773. The van der Waals surface area contributed by atoms with Crippen LogP contribution in [0.1, 0.15) is 39.5 Å². The van der Waals surface area contributed by atoms with Crippen molar-refractivity contribution >= 4 is 11.9 Å². The van der Waals surface area contributed by atoms with Crippen molar-refractivity contribution in [2.75, 3.05) is 24.5 Å². The monoisotopic (exact) mass is 354 g/mol. The van der Waals surface area contributed by atoms with Crippen LogP contribution in [-0.2, 0) is 4.79 Å². The van der Waals surface area contributed by atoms with Crippen molar-refractivity contribution in [3.8, 4) is 11.4 Å². The highest BCUT2D eigenvalue weighted by Crippen LogP contribution is 2.40. The van der Waals surface area contributed by atoms with Gasteiger partial charge in [-0.2, -0.15) is 4.98 Å². The maximum absolute atomic E-state index is 12.2. The second kappa shape index (κ2) is 6.74. The molecule has 1 amide bonds. The molecule has 1 unspecified atom stereocenters. The van der Waals surface area contributed by atoms with E-state index in [9.17, 15) is 4.79 Å². The Balaban J connectivity index is 1.52. The largest absolute Gasteiger partial charge is 0.340 e. The van der Waals surface area contributed by atoms with E-state index in [0.29, 0.717) is 18.3 Å². The number of carbonyl (C=O) groups is 1. The number of aromatic nitrogens is 2. The van der Waals surface area contributed by atoms with Crippen LogP contribution in [0.25, 0.3) is 11.4 Å². The second-order valence-corrected chi connectivity index (χ2v) is 7.91. The first-order valence-electron chi connectivity index (χ1n) is 9.50. The molecule has 0 aliphatic carbocycles. The third-order valence-electron chi connectivity index (χ3n) is 5.70. The Kier molecular flexibility index (Phi) is 4.42. The Morgan fingerprint density at radius 1 is 1.15 bits per heavy atom. The minimum atomic E-state index is 0.137. The summed E-state index contributed by atoms with van der Waals surface area (Å²) in [5, 5.41) is 4.16. The van der Waals surface area contributed by atoms with Gasteiger partial charge < -0.3 is 14.3 Å². The zero-order chi connectivity index (χ0) is 18.1. The molecule has 1 aromatic heterocycles. The third-order valence-corrected chi connectivity index (χ3v) is 5.70. The van der Waals surface area contributed by atoms with Gasteiger partial charge in [0.1, 0.15) is 0 Å². The van der Waals surface area contributed by atoms with E-state index < -0.39 is 0 Å². The van der Waals surface area contributed by atoms with Crippen molar-refractivity contribution in [2.24, 2.45) is 5.41 Å². The number of rotatable bonds is 3. The lowest BCUT2D eigenvalue weighted by molar-refractivity contribution is -0.140. The van der Waals surface area contributed by atoms with Gasteiger partial charge in [-0.1, -0.05) is 35.5 Å². The zero-order valence-electron chi connectivity index (χ0n) is 15.5. The smallest absolute Gasteiger partial charge is 0.324 e. The van der Waals surface area contributed by atoms with Crippen LogP contribution >= 0.6 is 0 Å². The normalized spacial score (nSPS) is 23.9. The molecule has 0 saturated carbocycles. The van der Waals surface area contributed by atoms with Crippen molar-refractivity contribution in [2.45, 2.75) is 45.6 Å². The van der Waals surface area contributed by atoms with Gasteiger partial charge in [0.05, 0.1) is 0 Å². The number of hydrogen-bond donors (Lipinski definition) is 0. The predicted molar refractivity (Wildman–Crippen MR) is 99.7 cm³/mol. The van der Waals surface area contributed by atoms with Crippen LogP contribution in [0.3, 0.4) is 0 Å². The molecule has 1 atom stereocenters. The highest BCUT2D eigenvalue weighted by Gasteiger charge is 2.43. The number of benzene rings is 1. The molecule has 6 nitrogen and oxygen atoms in total. The van der Waals surface area contributed by atoms with Gasteiger partial charge in [0.15, 0.2) is 0 Å². The van der Waals surface area contributed by atoms with Gasteiger partial charge in [-0.25, -0.2) is 0 Å². The van der Waals surface area contributed by atoms with Crippen molar-refractivity contribution in [3.05, 3.63) is 30.3 Å². The number of amides is 1. The van der Waals surface area contributed by atoms with E-state index in [-0.39, 0.29) is 17.4 Å². The van der Waals surface area contributed by atoms with Gasteiger partial charge in [-0.05, 0) is 33.1 Å². The molecule has 2 aliphatic rings. The minimum absolute atomic E-state index is 0.137. The molecule has 26 heavy (non-hydrogen) atoms. The van der Waals surface area contributed by atoms with Crippen LogP contribution in [-0.4, -0.2) is 46.6 Å². The fourth-order valence-corrected chi connectivity index (χ4v) is 4.27. The molecular weight excluding hydrogens is 328 g/mol. The Morgan fingerprint density at radius 3 is 2.73 bits per heavy atom. The minimum Gasteiger partial charge on any atom is -0.340 e. The van der Waals surface area contributed by atoms with Gasteiger partial charge in [-0.15, -0.1) is 0 Å². The summed E-state index contributed by atoms with van der Waals surface area (Å²) in [6.45, 7) is 6.83. The standard InChI is InChI=1S/C20H26N4O2/c1-15(2)24-14-20(11-9-17(24)25)10-6-12-23(13-20)19-21-18(22-26-19)16-7-4-3-5-8-16/h3-5,7-8,15H,6,9-14H2,1-2H3. The van der Waals surface area contributed by atoms with Gasteiger partial charge in [-0.3, -0.25) is 4.79 Å². The van der Waals surface area contributed by atoms with E-state index in [2.05, 4.69) is 28.9 Å². The molecule has 1 spiro atoms.